The van der Waals surface area contributed by atoms with Crippen molar-refractivity contribution in [1.29, 1.82) is 0 Å². The number of halogens is 1. The van der Waals surface area contributed by atoms with Crippen molar-refractivity contribution in [2.24, 2.45) is 0 Å². The van der Waals surface area contributed by atoms with Gasteiger partial charge in [-0.2, -0.15) is 0 Å². The van der Waals surface area contributed by atoms with Crippen molar-refractivity contribution in [2.75, 3.05) is 44.3 Å². The van der Waals surface area contributed by atoms with Gasteiger partial charge in [0, 0.05) is 82.4 Å². The lowest BCUT2D eigenvalue weighted by molar-refractivity contribution is 0.122. The molecule has 1 aromatic carbocycles. The van der Waals surface area contributed by atoms with E-state index < -0.39 is 0 Å². The van der Waals surface area contributed by atoms with Crippen LogP contribution in [0, 0.1) is 5.82 Å². The molecule has 176 valence electrons. The zero-order valence-electron chi connectivity index (χ0n) is 19.0. The molecule has 3 fully saturated rings. The summed E-state index contributed by atoms with van der Waals surface area (Å²) < 4.78 is 21.3. The molecule has 0 radical (unpaired) electrons. The number of hydrogen-bond acceptors (Lipinski definition) is 6. The van der Waals surface area contributed by atoms with Crippen LogP contribution in [0.25, 0.3) is 31.4 Å². The highest BCUT2D eigenvalue weighted by Crippen LogP contribution is 2.41. The number of aromatic amines is 1. The van der Waals surface area contributed by atoms with Gasteiger partial charge in [0.1, 0.15) is 11.6 Å². The van der Waals surface area contributed by atoms with Crippen LogP contribution in [0.4, 0.5) is 10.2 Å². The van der Waals surface area contributed by atoms with Crippen LogP contribution in [0.15, 0.2) is 36.5 Å². The lowest BCUT2D eigenvalue weighted by atomic mass is 10.1. The number of nitrogens with zero attached hydrogens (tertiary/aromatic N) is 3. The molecule has 7 rings (SSSR count). The number of aromatic nitrogens is 2. The van der Waals surface area contributed by atoms with Gasteiger partial charge in [-0.05, 0) is 43.2 Å². The molecule has 2 bridgehead atoms. The monoisotopic (exact) mass is 477 g/mol. The molecule has 0 aliphatic carbocycles. The standard InChI is InChI=1S/C26H28FN5OS/c27-16-9-21(20-3-4-29-23(20)10-16)25-12-22-24(34-25)11-17(30-26(22)31-5-7-33-8-6-31)15-32-18-1-2-19(32)14-28-13-18/h3-4,9-12,18-19,28-29H,1-2,5-8,13-15H2. The van der Waals surface area contributed by atoms with Gasteiger partial charge in [-0.15, -0.1) is 11.3 Å². The summed E-state index contributed by atoms with van der Waals surface area (Å²) >= 11 is 1.74. The molecule has 6 nitrogen and oxygen atoms in total. The van der Waals surface area contributed by atoms with E-state index in [1.54, 1.807) is 23.5 Å². The third-order valence-corrected chi connectivity index (χ3v) is 8.75. The Balaban J connectivity index is 1.34. The molecule has 3 aliphatic rings. The number of H-pyrrole nitrogens is 1. The van der Waals surface area contributed by atoms with E-state index in [-0.39, 0.29) is 5.82 Å². The van der Waals surface area contributed by atoms with E-state index in [9.17, 15) is 4.39 Å². The normalized spacial score (nSPS) is 23.4. The fraction of sp³-hybridized carbons (Fsp3) is 0.423. The minimum absolute atomic E-state index is 0.219. The van der Waals surface area contributed by atoms with E-state index in [2.05, 4.69) is 32.2 Å². The molecule has 4 aromatic rings. The number of hydrogen-bond donors (Lipinski definition) is 2. The lowest BCUT2D eigenvalue weighted by Crippen LogP contribution is -2.51. The minimum atomic E-state index is -0.219. The van der Waals surface area contributed by atoms with Crippen LogP contribution in [-0.4, -0.2) is 66.3 Å². The molecule has 2 unspecified atom stereocenters. The Hall–Kier alpha value is -2.52. The molecule has 8 heteroatoms. The van der Waals surface area contributed by atoms with Crippen LogP contribution < -0.4 is 10.2 Å². The number of fused-ring (bicyclic) bond motifs is 4. The first kappa shape index (κ1) is 20.8. The molecule has 3 saturated heterocycles. The van der Waals surface area contributed by atoms with Crippen LogP contribution in [0.1, 0.15) is 18.5 Å². The second-order valence-electron chi connectivity index (χ2n) is 9.67. The number of morpholine rings is 1. The average Bonchev–Trinajstić information content (AvgIpc) is 3.54. The van der Waals surface area contributed by atoms with E-state index >= 15 is 0 Å². The zero-order chi connectivity index (χ0) is 22.6. The molecule has 0 spiro atoms. The SMILES string of the molecule is Fc1cc(-c2cc3c(N4CCOCC4)nc(CN4C5CCC4CNC5)cc3s2)c2cc[nH]c2c1. The zero-order valence-corrected chi connectivity index (χ0v) is 19.8. The summed E-state index contributed by atoms with van der Waals surface area (Å²) in [6.45, 7) is 6.17. The quantitative estimate of drug-likeness (QED) is 0.458. The largest absolute Gasteiger partial charge is 0.378 e. The number of ether oxygens (including phenoxy) is 1. The summed E-state index contributed by atoms with van der Waals surface area (Å²) in [5, 5.41) is 5.78. The fourth-order valence-corrected chi connectivity index (χ4v) is 7.10. The molecule has 3 aromatic heterocycles. The van der Waals surface area contributed by atoms with Crippen molar-refractivity contribution in [2.45, 2.75) is 31.5 Å². The molecule has 34 heavy (non-hydrogen) atoms. The maximum absolute atomic E-state index is 14.4. The van der Waals surface area contributed by atoms with Gasteiger partial charge in [0.05, 0.1) is 18.9 Å². The maximum atomic E-state index is 14.4. The van der Waals surface area contributed by atoms with Gasteiger partial charge in [-0.25, -0.2) is 9.37 Å². The molecule has 0 saturated carbocycles. The number of benzene rings is 1. The van der Waals surface area contributed by atoms with E-state index in [4.69, 9.17) is 9.72 Å². The third kappa shape index (κ3) is 3.51. The highest BCUT2D eigenvalue weighted by atomic mass is 32.1. The molecule has 2 N–H and O–H groups in total. The summed E-state index contributed by atoms with van der Waals surface area (Å²) in [5.41, 5.74) is 2.90. The molecular formula is C26H28FN5OS. The van der Waals surface area contributed by atoms with Crippen molar-refractivity contribution in [1.82, 2.24) is 20.2 Å². The highest BCUT2D eigenvalue weighted by Gasteiger charge is 2.36. The number of thiophene rings is 1. The highest BCUT2D eigenvalue weighted by molar-refractivity contribution is 7.22. The second-order valence-corrected chi connectivity index (χ2v) is 10.8. The number of nitrogens with one attached hydrogen (secondary N) is 2. The predicted octanol–water partition coefficient (Wildman–Crippen LogP) is 4.36. The molecule has 3 aliphatic heterocycles. The average molecular weight is 478 g/mol. The molecule has 2 atom stereocenters. The summed E-state index contributed by atoms with van der Waals surface area (Å²) in [4.78, 5) is 14.5. The van der Waals surface area contributed by atoms with Crippen LogP contribution in [0.2, 0.25) is 0 Å². The molecule has 0 amide bonds. The molecular weight excluding hydrogens is 449 g/mol. The van der Waals surface area contributed by atoms with Gasteiger partial charge < -0.3 is 19.9 Å². The topological polar surface area (TPSA) is 56.4 Å². The number of anilines is 1. The summed E-state index contributed by atoms with van der Waals surface area (Å²) in [6, 6.07) is 10.9. The van der Waals surface area contributed by atoms with Gasteiger partial charge in [0.15, 0.2) is 0 Å². The Morgan fingerprint density at radius 3 is 2.71 bits per heavy atom. The van der Waals surface area contributed by atoms with Crippen LogP contribution in [-0.2, 0) is 11.3 Å². The third-order valence-electron chi connectivity index (χ3n) is 7.63. The maximum Gasteiger partial charge on any atom is 0.137 e. The number of piperazine rings is 1. The van der Waals surface area contributed by atoms with E-state index in [1.807, 2.05) is 12.3 Å². The van der Waals surface area contributed by atoms with Gasteiger partial charge in [-0.1, -0.05) is 0 Å². The smallest absolute Gasteiger partial charge is 0.137 e. The Labute approximate surface area is 201 Å². The van der Waals surface area contributed by atoms with Crippen molar-refractivity contribution in [3.63, 3.8) is 0 Å². The summed E-state index contributed by atoms with van der Waals surface area (Å²) in [5.74, 6) is 0.825. The first-order chi connectivity index (χ1) is 16.7. The van der Waals surface area contributed by atoms with Crippen molar-refractivity contribution < 1.29 is 9.13 Å². The first-order valence-corrected chi connectivity index (χ1v) is 13.0. The van der Waals surface area contributed by atoms with Crippen molar-refractivity contribution in [3.8, 4) is 10.4 Å². The van der Waals surface area contributed by atoms with Crippen molar-refractivity contribution in [3.05, 3.63) is 48.0 Å². The summed E-state index contributed by atoms with van der Waals surface area (Å²) in [6.07, 6.45) is 4.42. The Morgan fingerprint density at radius 2 is 1.88 bits per heavy atom. The lowest BCUT2D eigenvalue weighted by Gasteiger charge is -2.35. The Morgan fingerprint density at radius 1 is 1.06 bits per heavy atom. The van der Waals surface area contributed by atoms with E-state index in [1.165, 1.54) is 17.5 Å². The van der Waals surface area contributed by atoms with E-state index in [0.717, 1.165) is 84.2 Å². The van der Waals surface area contributed by atoms with Gasteiger partial charge in [-0.3, -0.25) is 4.90 Å². The first-order valence-electron chi connectivity index (χ1n) is 12.2. The Bertz CT molecular complexity index is 1340. The van der Waals surface area contributed by atoms with Crippen LogP contribution in [0.5, 0.6) is 0 Å². The Kier molecular flexibility index (Phi) is 5.08. The summed E-state index contributed by atoms with van der Waals surface area (Å²) in [7, 11) is 0. The van der Waals surface area contributed by atoms with Crippen molar-refractivity contribution >= 4 is 38.1 Å². The van der Waals surface area contributed by atoms with Gasteiger partial charge in [0.25, 0.3) is 0 Å². The number of rotatable bonds is 4. The minimum Gasteiger partial charge on any atom is -0.378 e. The van der Waals surface area contributed by atoms with Gasteiger partial charge >= 0.3 is 0 Å². The fourth-order valence-electron chi connectivity index (χ4n) is 5.95. The number of pyridine rings is 1. The second kappa shape index (κ2) is 8.30. The van der Waals surface area contributed by atoms with Crippen LogP contribution >= 0.6 is 11.3 Å². The molecule has 6 heterocycles. The predicted molar refractivity (Wildman–Crippen MR) is 135 cm³/mol. The van der Waals surface area contributed by atoms with E-state index in [0.29, 0.717) is 12.1 Å². The van der Waals surface area contributed by atoms with Crippen LogP contribution in [0.3, 0.4) is 0 Å². The van der Waals surface area contributed by atoms with Gasteiger partial charge in [0.2, 0.25) is 0 Å².